The average Bonchev–Trinajstić information content (AvgIpc) is 3.24. The normalized spacial score (nSPS) is 13.5. The van der Waals surface area contributed by atoms with Crippen LogP contribution in [0.1, 0.15) is 33.8 Å². The summed E-state index contributed by atoms with van der Waals surface area (Å²) >= 11 is 1.48. The molecule has 0 N–H and O–H groups in total. The van der Waals surface area contributed by atoms with E-state index in [0.717, 1.165) is 15.4 Å². The van der Waals surface area contributed by atoms with Crippen LogP contribution in [0.25, 0.3) is 0 Å². The van der Waals surface area contributed by atoms with Crippen LogP contribution >= 0.6 is 11.3 Å². The number of thiophene rings is 1. The third kappa shape index (κ3) is 5.92. The van der Waals surface area contributed by atoms with Crippen LogP contribution < -0.4 is 4.90 Å². The van der Waals surface area contributed by atoms with Gasteiger partial charge in [0.1, 0.15) is 0 Å². The van der Waals surface area contributed by atoms with E-state index in [0.29, 0.717) is 32.7 Å². The number of nitriles is 1. The van der Waals surface area contributed by atoms with Crippen molar-refractivity contribution in [2.24, 2.45) is 0 Å². The summed E-state index contributed by atoms with van der Waals surface area (Å²) in [6.45, 7) is 4.20. The summed E-state index contributed by atoms with van der Waals surface area (Å²) in [4.78, 5) is 44.8. The Morgan fingerprint density at radius 3 is 2.29 bits per heavy atom. The van der Waals surface area contributed by atoms with E-state index in [1.807, 2.05) is 49.4 Å². The molecule has 3 amide bonds. The molecule has 0 radical (unpaired) electrons. The van der Waals surface area contributed by atoms with Gasteiger partial charge in [-0.05, 0) is 31.2 Å². The SMILES string of the molecule is Cc1ccc(C(=O)N2CCN(C(=O)CCC(=O)N(CCC#N)c3ccccc3)CC2)s1. The van der Waals surface area contributed by atoms with Gasteiger partial charge in [0.25, 0.3) is 5.91 Å². The number of carbonyl (C=O) groups excluding carboxylic acids is 3. The number of amides is 3. The fourth-order valence-corrected chi connectivity index (χ4v) is 4.37. The zero-order chi connectivity index (χ0) is 22.2. The number of nitrogens with zero attached hydrogens (tertiary/aromatic N) is 4. The Morgan fingerprint density at radius 1 is 1.00 bits per heavy atom. The Labute approximate surface area is 186 Å². The fraction of sp³-hybridized carbons (Fsp3) is 0.391. The molecule has 31 heavy (non-hydrogen) atoms. The molecule has 1 fully saturated rings. The van der Waals surface area contributed by atoms with Crippen LogP contribution in [0.5, 0.6) is 0 Å². The molecule has 0 unspecified atom stereocenters. The van der Waals surface area contributed by atoms with E-state index in [9.17, 15) is 14.4 Å². The molecular weight excluding hydrogens is 412 g/mol. The molecule has 1 aromatic heterocycles. The summed E-state index contributed by atoms with van der Waals surface area (Å²) in [5.74, 6) is -0.242. The number of carbonyl (C=O) groups is 3. The molecule has 1 aliphatic heterocycles. The number of anilines is 1. The molecule has 2 aromatic rings. The lowest BCUT2D eigenvalue weighted by Crippen LogP contribution is -2.50. The highest BCUT2D eigenvalue weighted by atomic mass is 32.1. The Kier molecular flexibility index (Phi) is 7.79. The summed E-state index contributed by atoms with van der Waals surface area (Å²) in [7, 11) is 0. The quantitative estimate of drug-likeness (QED) is 0.665. The molecule has 1 aromatic carbocycles. The van der Waals surface area contributed by atoms with Gasteiger partial charge in [0.15, 0.2) is 0 Å². The fourth-order valence-electron chi connectivity index (χ4n) is 3.54. The van der Waals surface area contributed by atoms with Gasteiger partial charge in [-0.2, -0.15) is 5.26 Å². The highest BCUT2D eigenvalue weighted by molar-refractivity contribution is 7.13. The molecule has 7 nitrogen and oxygen atoms in total. The molecule has 1 aliphatic rings. The van der Waals surface area contributed by atoms with Crippen molar-refractivity contribution in [2.75, 3.05) is 37.6 Å². The van der Waals surface area contributed by atoms with Gasteiger partial charge in [-0.1, -0.05) is 18.2 Å². The van der Waals surface area contributed by atoms with E-state index in [2.05, 4.69) is 6.07 Å². The van der Waals surface area contributed by atoms with Crippen LogP contribution in [0.15, 0.2) is 42.5 Å². The Morgan fingerprint density at radius 2 is 1.68 bits per heavy atom. The van der Waals surface area contributed by atoms with Crippen molar-refractivity contribution in [1.29, 1.82) is 5.26 Å². The van der Waals surface area contributed by atoms with Crippen LogP contribution in [0.4, 0.5) is 5.69 Å². The molecule has 0 bridgehead atoms. The summed E-state index contributed by atoms with van der Waals surface area (Å²) in [5.41, 5.74) is 0.728. The molecule has 8 heteroatoms. The maximum atomic E-state index is 12.7. The first-order valence-corrected chi connectivity index (χ1v) is 11.2. The number of piperazine rings is 1. The van der Waals surface area contributed by atoms with Gasteiger partial charge < -0.3 is 14.7 Å². The van der Waals surface area contributed by atoms with Crippen molar-refractivity contribution in [3.8, 4) is 6.07 Å². The van der Waals surface area contributed by atoms with Crippen LogP contribution in [-0.2, 0) is 9.59 Å². The van der Waals surface area contributed by atoms with Crippen molar-refractivity contribution in [2.45, 2.75) is 26.2 Å². The first-order chi connectivity index (χ1) is 15.0. The lowest BCUT2D eigenvalue weighted by Gasteiger charge is -2.34. The molecule has 1 saturated heterocycles. The van der Waals surface area contributed by atoms with E-state index < -0.39 is 0 Å². The van der Waals surface area contributed by atoms with Crippen LogP contribution in [-0.4, -0.2) is 60.2 Å². The number of benzene rings is 1. The van der Waals surface area contributed by atoms with Crippen LogP contribution in [0.3, 0.4) is 0 Å². The third-order valence-electron chi connectivity index (χ3n) is 5.24. The lowest BCUT2D eigenvalue weighted by atomic mass is 10.2. The molecule has 0 aliphatic carbocycles. The number of hydrogen-bond acceptors (Lipinski definition) is 5. The van der Waals surface area contributed by atoms with Crippen molar-refractivity contribution in [1.82, 2.24) is 9.80 Å². The highest BCUT2D eigenvalue weighted by Crippen LogP contribution is 2.19. The predicted octanol–water partition coefficient (Wildman–Crippen LogP) is 3.07. The van der Waals surface area contributed by atoms with Crippen LogP contribution in [0.2, 0.25) is 0 Å². The smallest absolute Gasteiger partial charge is 0.264 e. The molecular formula is C23H26N4O3S. The maximum absolute atomic E-state index is 12.7. The van der Waals surface area contributed by atoms with Crippen molar-refractivity contribution in [3.63, 3.8) is 0 Å². The Balaban J connectivity index is 1.49. The largest absolute Gasteiger partial charge is 0.339 e. The lowest BCUT2D eigenvalue weighted by molar-refractivity contribution is -0.134. The number of hydrogen-bond donors (Lipinski definition) is 0. The molecule has 0 atom stereocenters. The molecule has 0 spiro atoms. The first kappa shape index (κ1) is 22.5. The van der Waals surface area contributed by atoms with Gasteiger partial charge in [0.05, 0.1) is 17.4 Å². The van der Waals surface area contributed by atoms with E-state index >= 15 is 0 Å². The highest BCUT2D eigenvalue weighted by Gasteiger charge is 2.26. The zero-order valence-corrected chi connectivity index (χ0v) is 18.4. The van der Waals surface area contributed by atoms with Gasteiger partial charge in [0.2, 0.25) is 11.8 Å². The van der Waals surface area contributed by atoms with Crippen molar-refractivity contribution < 1.29 is 14.4 Å². The minimum absolute atomic E-state index is 0.0105. The zero-order valence-electron chi connectivity index (χ0n) is 17.6. The minimum Gasteiger partial charge on any atom is -0.339 e. The van der Waals surface area contributed by atoms with Gasteiger partial charge in [-0.25, -0.2) is 0 Å². The third-order valence-corrected chi connectivity index (χ3v) is 6.23. The summed E-state index contributed by atoms with van der Waals surface area (Å²) in [6, 6.07) is 15.0. The van der Waals surface area contributed by atoms with E-state index in [4.69, 9.17) is 5.26 Å². The first-order valence-electron chi connectivity index (χ1n) is 10.4. The second-order valence-corrected chi connectivity index (χ2v) is 8.66. The summed E-state index contributed by atoms with van der Waals surface area (Å²) < 4.78 is 0. The number of rotatable bonds is 7. The summed E-state index contributed by atoms with van der Waals surface area (Å²) in [6.07, 6.45) is 0.438. The van der Waals surface area contributed by atoms with Crippen molar-refractivity contribution >= 4 is 34.7 Å². The van der Waals surface area contributed by atoms with Gasteiger partial charge in [0, 0.05) is 56.1 Å². The summed E-state index contributed by atoms with van der Waals surface area (Å²) in [5, 5.41) is 8.89. The van der Waals surface area contributed by atoms with E-state index in [-0.39, 0.29) is 37.0 Å². The van der Waals surface area contributed by atoms with E-state index in [1.165, 1.54) is 11.3 Å². The number of para-hydroxylation sites is 1. The second-order valence-electron chi connectivity index (χ2n) is 7.37. The van der Waals surface area contributed by atoms with Crippen LogP contribution in [0, 0.1) is 18.3 Å². The second kappa shape index (κ2) is 10.7. The average molecular weight is 439 g/mol. The topological polar surface area (TPSA) is 84.7 Å². The molecule has 2 heterocycles. The Bertz CT molecular complexity index is 959. The maximum Gasteiger partial charge on any atom is 0.264 e. The minimum atomic E-state index is -0.170. The van der Waals surface area contributed by atoms with Gasteiger partial charge in [-0.3, -0.25) is 14.4 Å². The standard InChI is InChI=1S/C23H26N4O3S/c1-18-8-9-20(31-18)23(30)26-16-14-25(15-17-26)21(28)10-11-22(29)27(13-5-12-24)19-6-3-2-4-7-19/h2-4,6-9H,5,10-11,13-17H2,1H3. The van der Waals surface area contributed by atoms with Gasteiger partial charge in [-0.15, -0.1) is 11.3 Å². The predicted molar refractivity (Wildman–Crippen MR) is 120 cm³/mol. The monoisotopic (exact) mass is 438 g/mol. The van der Waals surface area contributed by atoms with E-state index in [1.54, 1.807) is 14.7 Å². The molecule has 162 valence electrons. The molecule has 3 rings (SSSR count). The number of aryl methyl sites for hydroxylation is 1. The Hall–Kier alpha value is -3.18. The van der Waals surface area contributed by atoms with Gasteiger partial charge >= 0.3 is 0 Å². The molecule has 0 saturated carbocycles. The van der Waals surface area contributed by atoms with Crippen molar-refractivity contribution in [3.05, 3.63) is 52.2 Å².